The van der Waals surface area contributed by atoms with Crippen LogP contribution in [0, 0.1) is 5.82 Å². The van der Waals surface area contributed by atoms with Crippen LogP contribution in [-0.2, 0) is 17.9 Å². The summed E-state index contributed by atoms with van der Waals surface area (Å²) in [6, 6.07) is 13.9. The third-order valence-electron chi connectivity index (χ3n) is 7.28. The molecular formula is C29H36FN3O3. The van der Waals surface area contributed by atoms with Gasteiger partial charge in [0.15, 0.2) is 5.76 Å². The first-order valence-corrected chi connectivity index (χ1v) is 13.0. The average molecular weight is 494 g/mol. The smallest absolute Gasteiger partial charge is 0.290 e. The van der Waals surface area contributed by atoms with Crippen molar-refractivity contribution < 1.29 is 18.4 Å². The molecule has 1 atom stereocenters. The van der Waals surface area contributed by atoms with Crippen molar-refractivity contribution in [2.24, 2.45) is 0 Å². The SMILES string of the molecule is CCC(C)N(CC(=O)N(Cc1cccn1Cc1ccc(F)cc1)C1CCCCC1)C(=O)c1ccco1. The van der Waals surface area contributed by atoms with E-state index in [1.807, 2.05) is 37.1 Å². The van der Waals surface area contributed by atoms with Crippen LogP contribution >= 0.6 is 0 Å². The van der Waals surface area contributed by atoms with Gasteiger partial charge in [0.1, 0.15) is 12.4 Å². The van der Waals surface area contributed by atoms with E-state index in [9.17, 15) is 14.0 Å². The molecule has 3 aromatic rings. The summed E-state index contributed by atoms with van der Waals surface area (Å²) in [7, 11) is 0. The molecule has 2 amide bonds. The van der Waals surface area contributed by atoms with Gasteiger partial charge in [-0.1, -0.05) is 38.3 Å². The summed E-state index contributed by atoms with van der Waals surface area (Å²) in [6.07, 6.45) is 9.55. The summed E-state index contributed by atoms with van der Waals surface area (Å²) in [5, 5.41) is 0. The van der Waals surface area contributed by atoms with Gasteiger partial charge in [-0.25, -0.2) is 4.39 Å². The van der Waals surface area contributed by atoms with Crippen molar-refractivity contribution in [1.29, 1.82) is 0 Å². The lowest BCUT2D eigenvalue weighted by Crippen LogP contribution is -2.49. The molecule has 1 aliphatic carbocycles. The Labute approximate surface area is 212 Å². The van der Waals surface area contributed by atoms with Crippen LogP contribution in [0.4, 0.5) is 4.39 Å². The Morgan fingerprint density at radius 3 is 2.50 bits per heavy atom. The van der Waals surface area contributed by atoms with Gasteiger partial charge in [-0.15, -0.1) is 0 Å². The van der Waals surface area contributed by atoms with Gasteiger partial charge in [-0.05, 0) is 68.1 Å². The van der Waals surface area contributed by atoms with E-state index < -0.39 is 0 Å². The Kier molecular flexibility index (Phi) is 8.62. The molecule has 6 nitrogen and oxygen atoms in total. The van der Waals surface area contributed by atoms with E-state index in [2.05, 4.69) is 4.57 Å². The van der Waals surface area contributed by atoms with Crippen LogP contribution in [0.25, 0.3) is 0 Å². The monoisotopic (exact) mass is 493 g/mol. The molecule has 192 valence electrons. The van der Waals surface area contributed by atoms with E-state index in [1.165, 1.54) is 24.8 Å². The lowest BCUT2D eigenvalue weighted by atomic mass is 9.94. The van der Waals surface area contributed by atoms with E-state index in [4.69, 9.17) is 4.42 Å². The Balaban J connectivity index is 1.55. The number of amides is 2. The molecule has 0 radical (unpaired) electrons. The van der Waals surface area contributed by atoms with E-state index in [0.29, 0.717) is 13.1 Å². The van der Waals surface area contributed by atoms with Gasteiger partial charge >= 0.3 is 0 Å². The van der Waals surface area contributed by atoms with Crippen LogP contribution in [0.5, 0.6) is 0 Å². The minimum absolute atomic E-state index is 0.0176. The second-order valence-corrected chi connectivity index (χ2v) is 9.73. The molecule has 1 aliphatic rings. The third kappa shape index (κ3) is 6.25. The van der Waals surface area contributed by atoms with Gasteiger partial charge < -0.3 is 18.8 Å². The second-order valence-electron chi connectivity index (χ2n) is 9.73. The lowest BCUT2D eigenvalue weighted by Gasteiger charge is -2.37. The summed E-state index contributed by atoms with van der Waals surface area (Å²) in [5.41, 5.74) is 2.02. The first-order chi connectivity index (χ1) is 17.5. The molecule has 0 aliphatic heterocycles. The highest BCUT2D eigenvalue weighted by Crippen LogP contribution is 2.25. The molecule has 2 heterocycles. The number of benzene rings is 1. The number of hydrogen-bond donors (Lipinski definition) is 0. The maximum atomic E-state index is 13.8. The van der Waals surface area contributed by atoms with E-state index in [1.54, 1.807) is 29.2 Å². The molecule has 0 N–H and O–H groups in total. The largest absolute Gasteiger partial charge is 0.459 e. The fourth-order valence-electron chi connectivity index (χ4n) is 4.95. The van der Waals surface area contributed by atoms with Crippen molar-refractivity contribution in [3.8, 4) is 0 Å². The Bertz CT molecular complexity index is 1120. The maximum absolute atomic E-state index is 13.8. The molecule has 2 aromatic heterocycles. The second kappa shape index (κ2) is 12.1. The average Bonchev–Trinajstić information content (AvgIpc) is 3.59. The van der Waals surface area contributed by atoms with Crippen molar-refractivity contribution in [1.82, 2.24) is 14.4 Å². The molecule has 1 saturated carbocycles. The van der Waals surface area contributed by atoms with Crippen molar-refractivity contribution >= 4 is 11.8 Å². The predicted octanol–water partition coefficient (Wildman–Crippen LogP) is 5.87. The van der Waals surface area contributed by atoms with E-state index in [0.717, 1.165) is 43.4 Å². The zero-order valence-electron chi connectivity index (χ0n) is 21.2. The minimum Gasteiger partial charge on any atom is -0.459 e. The molecule has 0 bridgehead atoms. The zero-order chi connectivity index (χ0) is 25.5. The molecule has 1 aromatic carbocycles. The normalized spacial score (nSPS) is 15.0. The summed E-state index contributed by atoms with van der Waals surface area (Å²) in [6.45, 7) is 5.07. The Morgan fingerprint density at radius 2 is 1.83 bits per heavy atom. The summed E-state index contributed by atoms with van der Waals surface area (Å²) in [5.74, 6) is -0.307. The highest BCUT2D eigenvalue weighted by Gasteiger charge is 2.31. The third-order valence-corrected chi connectivity index (χ3v) is 7.28. The fraction of sp³-hybridized carbons (Fsp3) is 0.448. The van der Waals surface area contributed by atoms with Gasteiger partial charge in [0.05, 0.1) is 12.8 Å². The maximum Gasteiger partial charge on any atom is 0.290 e. The number of nitrogens with zero attached hydrogens (tertiary/aromatic N) is 3. The summed E-state index contributed by atoms with van der Waals surface area (Å²) >= 11 is 0. The molecule has 0 spiro atoms. The van der Waals surface area contributed by atoms with Crippen molar-refractivity contribution in [3.05, 3.63) is 83.8 Å². The minimum atomic E-state index is -0.258. The van der Waals surface area contributed by atoms with Crippen molar-refractivity contribution in [2.75, 3.05) is 6.54 Å². The number of aromatic nitrogens is 1. The van der Waals surface area contributed by atoms with Crippen LogP contribution in [-0.4, -0.2) is 44.8 Å². The number of hydrogen-bond acceptors (Lipinski definition) is 3. The van der Waals surface area contributed by atoms with Crippen LogP contribution in [0.3, 0.4) is 0 Å². The Morgan fingerprint density at radius 1 is 1.08 bits per heavy atom. The number of furan rings is 1. The highest BCUT2D eigenvalue weighted by molar-refractivity contribution is 5.94. The molecular weight excluding hydrogens is 457 g/mol. The number of rotatable bonds is 10. The molecule has 1 fully saturated rings. The topological polar surface area (TPSA) is 58.7 Å². The number of halogens is 1. The van der Waals surface area contributed by atoms with Crippen LogP contribution in [0.15, 0.2) is 65.4 Å². The zero-order valence-corrected chi connectivity index (χ0v) is 21.2. The summed E-state index contributed by atoms with van der Waals surface area (Å²) < 4.78 is 20.8. The van der Waals surface area contributed by atoms with E-state index >= 15 is 0 Å². The van der Waals surface area contributed by atoms with E-state index in [-0.39, 0.29) is 42.0 Å². The predicted molar refractivity (Wildman–Crippen MR) is 137 cm³/mol. The van der Waals surface area contributed by atoms with Gasteiger partial charge in [-0.3, -0.25) is 9.59 Å². The lowest BCUT2D eigenvalue weighted by molar-refractivity contribution is -0.136. The summed E-state index contributed by atoms with van der Waals surface area (Å²) in [4.78, 5) is 30.6. The molecule has 36 heavy (non-hydrogen) atoms. The van der Waals surface area contributed by atoms with Crippen molar-refractivity contribution in [3.63, 3.8) is 0 Å². The highest BCUT2D eigenvalue weighted by atomic mass is 19.1. The fourth-order valence-corrected chi connectivity index (χ4v) is 4.95. The Hall–Kier alpha value is -3.35. The quantitative estimate of drug-likeness (QED) is 0.355. The first kappa shape index (κ1) is 25.7. The molecule has 1 unspecified atom stereocenters. The van der Waals surface area contributed by atoms with Gasteiger partial charge in [0.25, 0.3) is 5.91 Å². The van der Waals surface area contributed by atoms with Crippen LogP contribution in [0.2, 0.25) is 0 Å². The van der Waals surface area contributed by atoms with Crippen LogP contribution in [0.1, 0.15) is 74.2 Å². The number of carbonyl (C=O) groups excluding carboxylic acids is 2. The van der Waals surface area contributed by atoms with Crippen molar-refractivity contribution in [2.45, 2.75) is 77.5 Å². The standard InChI is InChI=1S/C29H36FN3O3/c1-3-22(2)32(29(35)27-12-8-18-36-27)21-28(34)33(25-9-5-4-6-10-25)20-26-11-7-17-31(26)19-23-13-15-24(30)16-14-23/h7-8,11-18,22,25H,3-6,9-10,19-21H2,1-2H3. The van der Waals surface area contributed by atoms with Gasteiger partial charge in [0.2, 0.25) is 5.91 Å². The van der Waals surface area contributed by atoms with Gasteiger partial charge in [-0.2, -0.15) is 0 Å². The molecule has 4 rings (SSSR count). The van der Waals surface area contributed by atoms with Crippen LogP contribution < -0.4 is 0 Å². The first-order valence-electron chi connectivity index (χ1n) is 13.0. The molecule has 7 heteroatoms. The van der Waals surface area contributed by atoms with Gasteiger partial charge in [0, 0.05) is 30.5 Å². The molecule has 0 saturated heterocycles. The number of carbonyl (C=O) groups is 2.